The number of amides is 2. The minimum Gasteiger partial charge on any atom is -0.385 e. The first-order valence-electron chi connectivity index (χ1n) is 10.3. The molecule has 1 aliphatic rings. The molecule has 2 aromatic rings. The summed E-state index contributed by atoms with van der Waals surface area (Å²) in [5.74, 6) is -0.0286. The van der Waals surface area contributed by atoms with Crippen LogP contribution in [0.15, 0.2) is 23.6 Å². The lowest BCUT2D eigenvalue weighted by Gasteiger charge is -2.30. The fraction of sp³-hybridized carbons (Fsp3) is 0.500. The van der Waals surface area contributed by atoms with Crippen LogP contribution in [-0.2, 0) is 9.53 Å². The molecule has 0 atom stereocenters. The molecule has 0 aliphatic carbocycles. The average Bonchev–Trinajstić information content (AvgIpc) is 3.22. The first-order valence-corrected chi connectivity index (χ1v) is 11.2. The van der Waals surface area contributed by atoms with Crippen LogP contribution < -0.4 is 10.6 Å². The summed E-state index contributed by atoms with van der Waals surface area (Å²) in [6, 6.07) is 6.15. The monoisotopic (exact) mass is 430 g/mol. The van der Waals surface area contributed by atoms with Crippen molar-refractivity contribution in [3.63, 3.8) is 0 Å². The number of likely N-dealkylation sites (tertiary alicyclic amines) is 1. The van der Waals surface area contributed by atoms with E-state index in [1.165, 1.54) is 22.5 Å². The molecule has 30 heavy (non-hydrogen) atoms. The second-order valence-electron chi connectivity index (χ2n) is 7.67. The van der Waals surface area contributed by atoms with Crippen molar-refractivity contribution in [1.82, 2.24) is 15.2 Å². The summed E-state index contributed by atoms with van der Waals surface area (Å²) in [5, 5.41) is 8.72. The molecule has 1 saturated heterocycles. The van der Waals surface area contributed by atoms with Crippen LogP contribution in [0.4, 0.5) is 10.8 Å². The van der Waals surface area contributed by atoms with Gasteiger partial charge in [0, 0.05) is 50.3 Å². The molecule has 0 unspecified atom stereocenters. The number of nitrogens with one attached hydrogen (secondary N) is 2. The number of carbonyl (C=O) groups is 2. The Bertz CT molecular complexity index is 875. The Labute approximate surface area is 181 Å². The molecule has 1 aromatic heterocycles. The summed E-state index contributed by atoms with van der Waals surface area (Å²) in [6.07, 6.45) is 2.17. The predicted octanol–water partition coefficient (Wildman–Crippen LogP) is 3.51. The Morgan fingerprint density at radius 3 is 2.70 bits per heavy atom. The molecule has 1 fully saturated rings. The minimum atomic E-state index is -0.0710. The van der Waals surface area contributed by atoms with Gasteiger partial charge < -0.3 is 20.3 Å². The third-order valence-corrected chi connectivity index (χ3v) is 6.22. The normalized spacial score (nSPS) is 14.6. The number of aryl methyl sites for hydroxylation is 2. The number of hydrogen-bond acceptors (Lipinski definition) is 6. The number of nitrogens with zero attached hydrogens (tertiary/aromatic N) is 2. The van der Waals surface area contributed by atoms with E-state index in [1.54, 1.807) is 17.4 Å². The molecule has 8 heteroatoms. The first kappa shape index (κ1) is 22.2. The van der Waals surface area contributed by atoms with Gasteiger partial charge in [0.1, 0.15) is 5.69 Å². The zero-order valence-electron chi connectivity index (χ0n) is 17.9. The van der Waals surface area contributed by atoms with Crippen LogP contribution >= 0.6 is 11.3 Å². The number of aromatic nitrogens is 1. The number of methoxy groups -OCH3 is 1. The van der Waals surface area contributed by atoms with Crippen molar-refractivity contribution in [2.24, 2.45) is 5.92 Å². The van der Waals surface area contributed by atoms with Crippen LogP contribution in [0.1, 0.15) is 40.9 Å². The lowest BCUT2D eigenvalue weighted by molar-refractivity contribution is -0.126. The standard InChI is InChI=1S/C22H30N4O3S/c1-15-5-6-18(13-16(15)2)24-22-25-19(14-30-22)21(28)26-10-7-17(8-11-26)20(27)23-9-4-12-29-3/h5-6,13-14,17H,4,7-12H2,1-3H3,(H,23,27)(H,24,25). The number of ether oxygens (including phenoxy) is 1. The van der Waals surface area contributed by atoms with Crippen LogP contribution in [0.5, 0.6) is 0 Å². The van der Waals surface area contributed by atoms with Crippen molar-refractivity contribution in [3.05, 3.63) is 40.4 Å². The van der Waals surface area contributed by atoms with Crippen LogP contribution in [0, 0.1) is 19.8 Å². The van der Waals surface area contributed by atoms with Crippen molar-refractivity contribution in [3.8, 4) is 0 Å². The third kappa shape index (κ3) is 5.79. The molecule has 0 saturated carbocycles. The Morgan fingerprint density at radius 2 is 2.00 bits per heavy atom. The van der Waals surface area contributed by atoms with E-state index < -0.39 is 0 Å². The summed E-state index contributed by atoms with van der Waals surface area (Å²) >= 11 is 1.42. The van der Waals surface area contributed by atoms with Crippen LogP contribution in [0.25, 0.3) is 0 Å². The zero-order chi connectivity index (χ0) is 21.5. The van der Waals surface area contributed by atoms with E-state index in [2.05, 4.69) is 41.6 Å². The maximum Gasteiger partial charge on any atom is 0.273 e. The van der Waals surface area contributed by atoms with Crippen molar-refractivity contribution in [1.29, 1.82) is 0 Å². The SMILES string of the molecule is COCCCNC(=O)C1CCN(C(=O)c2csc(Nc3ccc(C)c(C)c3)n2)CC1. The van der Waals surface area contributed by atoms with E-state index >= 15 is 0 Å². The lowest BCUT2D eigenvalue weighted by atomic mass is 9.95. The first-order chi connectivity index (χ1) is 14.5. The van der Waals surface area contributed by atoms with Gasteiger partial charge in [-0.25, -0.2) is 4.98 Å². The largest absolute Gasteiger partial charge is 0.385 e. The molecular weight excluding hydrogens is 400 g/mol. The Morgan fingerprint density at radius 1 is 1.23 bits per heavy atom. The second kappa shape index (κ2) is 10.5. The van der Waals surface area contributed by atoms with Gasteiger partial charge in [-0.2, -0.15) is 0 Å². The topological polar surface area (TPSA) is 83.6 Å². The fourth-order valence-electron chi connectivity index (χ4n) is 3.45. The van der Waals surface area contributed by atoms with Crippen LogP contribution in [-0.4, -0.2) is 55.0 Å². The van der Waals surface area contributed by atoms with E-state index in [-0.39, 0.29) is 17.7 Å². The third-order valence-electron chi connectivity index (χ3n) is 5.46. The highest BCUT2D eigenvalue weighted by molar-refractivity contribution is 7.14. The van der Waals surface area contributed by atoms with Crippen molar-refractivity contribution in [2.45, 2.75) is 33.1 Å². The maximum atomic E-state index is 12.8. The van der Waals surface area contributed by atoms with E-state index in [0.717, 1.165) is 12.1 Å². The summed E-state index contributed by atoms with van der Waals surface area (Å²) in [4.78, 5) is 31.3. The van der Waals surface area contributed by atoms with Crippen molar-refractivity contribution < 1.29 is 14.3 Å². The molecular formula is C22H30N4O3S. The van der Waals surface area contributed by atoms with Gasteiger partial charge in [-0.3, -0.25) is 9.59 Å². The summed E-state index contributed by atoms with van der Waals surface area (Å²) < 4.78 is 4.99. The molecule has 1 aliphatic heterocycles. The highest BCUT2D eigenvalue weighted by Crippen LogP contribution is 2.25. The molecule has 0 bridgehead atoms. The van der Waals surface area contributed by atoms with Gasteiger partial charge in [0.15, 0.2) is 5.13 Å². The number of benzene rings is 1. The Kier molecular flexibility index (Phi) is 7.81. The second-order valence-corrected chi connectivity index (χ2v) is 8.52. The van der Waals surface area contributed by atoms with Gasteiger partial charge in [0.2, 0.25) is 5.91 Å². The number of carbonyl (C=O) groups excluding carboxylic acids is 2. The maximum absolute atomic E-state index is 12.8. The molecule has 0 radical (unpaired) electrons. The summed E-state index contributed by atoms with van der Waals surface area (Å²) in [7, 11) is 1.65. The molecule has 162 valence electrons. The fourth-order valence-corrected chi connectivity index (χ4v) is 4.16. The predicted molar refractivity (Wildman–Crippen MR) is 119 cm³/mol. The quantitative estimate of drug-likeness (QED) is 0.626. The highest BCUT2D eigenvalue weighted by Gasteiger charge is 2.28. The highest BCUT2D eigenvalue weighted by atomic mass is 32.1. The van der Waals surface area contributed by atoms with Crippen molar-refractivity contribution in [2.75, 3.05) is 38.7 Å². The van der Waals surface area contributed by atoms with Gasteiger partial charge >= 0.3 is 0 Å². The Hall–Kier alpha value is -2.45. The minimum absolute atomic E-state index is 0.0333. The number of thiazole rings is 1. The summed E-state index contributed by atoms with van der Waals surface area (Å²) in [5.41, 5.74) is 3.86. The van der Waals surface area contributed by atoms with Gasteiger partial charge in [-0.05, 0) is 56.4 Å². The zero-order valence-corrected chi connectivity index (χ0v) is 18.7. The Balaban J connectivity index is 1.49. The molecule has 2 heterocycles. The number of hydrogen-bond donors (Lipinski definition) is 2. The molecule has 3 rings (SSSR count). The number of piperidine rings is 1. The van der Waals surface area contributed by atoms with Crippen molar-refractivity contribution >= 4 is 34.0 Å². The average molecular weight is 431 g/mol. The van der Waals surface area contributed by atoms with Crippen LogP contribution in [0.3, 0.4) is 0 Å². The molecule has 1 aromatic carbocycles. The van der Waals surface area contributed by atoms with E-state index in [4.69, 9.17) is 4.74 Å². The van der Waals surface area contributed by atoms with Gasteiger partial charge in [0.05, 0.1) is 0 Å². The number of anilines is 2. The lowest BCUT2D eigenvalue weighted by Crippen LogP contribution is -2.43. The van der Waals surface area contributed by atoms with E-state index in [1.807, 2.05) is 6.07 Å². The van der Waals surface area contributed by atoms with Gasteiger partial charge in [-0.15, -0.1) is 11.3 Å². The smallest absolute Gasteiger partial charge is 0.273 e. The molecule has 0 spiro atoms. The molecule has 7 nitrogen and oxygen atoms in total. The number of rotatable bonds is 8. The van der Waals surface area contributed by atoms with E-state index in [9.17, 15) is 9.59 Å². The van der Waals surface area contributed by atoms with E-state index in [0.29, 0.717) is 49.9 Å². The van der Waals surface area contributed by atoms with Gasteiger partial charge in [-0.1, -0.05) is 6.07 Å². The summed E-state index contributed by atoms with van der Waals surface area (Å²) in [6.45, 7) is 6.56. The molecule has 2 N–H and O–H groups in total. The molecule has 2 amide bonds. The van der Waals surface area contributed by atoms with Gasteiger partial charge in [0.25, 0.3) is 5.91 Å². The van der Waals surface area contributed by atoms with Crippen LogP contribution in [0.2, 0.25) is 0 Å².